The van der Waals surface area contributed by atoms with Gasteiger partial charge in [-0.15, -0.1) is 0 Å². The zero-order chi connectivity index (χ0) is 19.6. The number of nitrogens with one attached hydrogen (secondary N) is 1. The minimum Gasteiger partial charge on any atom is -0.494 e. The number of carbonyl (C=O) groups excluding carboxylic acids is 1. The number of carbonyl (C=O) groups is 1. The molecule has 0 spiro atoms. The lowest BCUT2D eigenvalue weighted by atomic mass is 9.90. The van der Waals surface area contributed by atoms with E-state index in [0.717, 1.165) is 62.8 Å². The normalized spacial score (nSPS) is 15.9. The fourth-order valence-corrected chi connectivity index (χ4v) is 3.66. The first kappa shape index (κ1) is 20.6. The highest BCUT2D eigenvalue weighted by Crippen LogP contribution is 2.22. The molecule has 2 aromatic rings. The molecule has 1 aliphatic heterocycles. The maximum Gasteiger partial charge on any atom is 0.175 e. The van der Waals surface area contributed by atoms with Crippen LogP contribution in [0.4, 0.5) is 0 Å². The van der Waals surface area contributed by atoms with Gasteiger partial charge in [-0.2, -0.15) is 0 Å². The number of ether oxygens (including phenoxy) is 2. The molecule has 1 atom stereocenters. The molecule has 0 saturated carbocycles. The predicted octanol–water partition coefficient (Wildman–Crippen LogP) is 3.14. The van der Waals surface area contributed by atoms with Crippen LogP contribution < -0.4 is 9.64 Å². The first-order valence-corrected chi connectivity index (χ1v) is 10.5. The third kappa shape index (κ3) is 5.91. The summed E-state index contributed by atoms with van der Waals surface area (Å²) in [6.45, 7) is 7.18. The van der Waals surface area contributed by atoms with Crippen molar-refractivity contribution < 1.29 is 19.2 Å². The van der Waals surface area contributed by atoms with Gasteiger partial charge in [0.1, 0.15) is 18.8 Å². The molecule has 4 heteroatoms. The first-order chi connectivity index (χ1) is 13.8. The zero-order valence-electron chi connectivity index (χ0n) is 16.9. The third-order valence-electron chi connectivity index (χ3n) is 5.37. The summed E-state index contributed by atoms with van der Waals surface area (Å²) in [5.41, 5.74) is 1.84. The first-order valence-electron chi connectivity index (χ1n) is 10.5. The number of benzene rings is 2. The lowest BCUT2D eigenvalue weighted by Gasteiger charge is -2.27. The quantitative estimate of drug-likeness (QED) is 0.507. The number of hydrogen-bond acceptors (Lipinski definition) is 3. The van der Waals surface area contributed by atoms with Crippen molar-refractivity contribution >= 4 is 5.78 Å². The smallest absolute Gasteiger partial charge is 0.175 e. The third-order valence-corrected chi connectivity index (χ3v) is 5.37. The van der Waals surface area contributed by atoms with Gasteiger partial charge in [0.15, 0.2) is 5.78 Å². The summed E-state index contributed by atoms with van der Waals surface area (Å²) in [5.74, 6) is 0.885. The number of morpholine rings is 1. The Morgan fingerprint density at radius 1 is 1.04 bits per heavy atom. The number of Topliss-reactive ketones (excluding diaryl/α,β-unsaturated/α-hetero) is 1. The molecule has 1 fully saturated rings. The van der Waals surface area contributed by atoms with E-state index in [9.17, 15) is 4.79 Å². The van der Waals surface area contributed by atoms with E-state index in [2.05, 4.69) is 19.1 Å². The summed E-state index contributed by atoms with van der Waals surface area (Å²) < 4.78 is 11.3. The average Bonchev–Trinajstić information content (AvgIpc) is 2.76. The summed E-state index contributed by atoms with van der Waals surface area (Å²) in [4.78, 5) is 14.8. The van der Waals surface area contributed by atoms with Crippen molar-refractivity contribution in [3.05, 3.63) is 65.7 Å². The van der Waals surface area contributed by atoms with E-state index in [1.54, 1.807) is 0 Å². The van der Waals surface area contributed by atoms with Gasteiger partial charge in [0.25, 0.3) is 0 Å². The van der Waals surface area contributed by atoms with Gasteiger partial charge in [-0.1, -0.05) is 50.1 Å². The van der Waals surface area contributed by atoms with Crippen LogP contribution in [0.5, 0.6) is 5.75 Å². The molecule has 0 aliphatic carbocycles. The van der Waals surface area contributed by atoms with E-state index in [0.29, 0.717) is 0 Å². The monoisotopic (exact) mass is 382 g/mol. The molecule has 1 saturated heterocycles. The van der Waals surface area contributed by atoms with E-state index >= 15 is 0 Å². The van der Waals surface area contributed by atoms with Gasteiger partial charge in [-0.25, -0.2) is 0 Å². The van der Waals surface area contributed by atoms with Crippen molar-refractivity contribution in [1.29, 1.82) is 0 Å². The van der Waals surface area contributed by atoms with Gasteiger partial charge < -0.3 is 14.4 Å². The zero-order valence-corrected chi connectivity index (χ0v) is 16.9. The van der Waals surface area contributed by atoms with Gasteiger partial charge in [0.2, 0.25) is 0 Å². The average molecular weight is 383 g/mol. The Bertz CT molecular complexity index is 708. The molecular weight excluding hydrogens is 350 g/mol. The second-order valence-corrected chi connectivity index (χ2v) is 7.47. The summed E-state index contributed by atoms with van der Waals surface area (Å²) >= 11 is 0. The molecule has 0 unspecified atom stereocenters. The summed E-state index contributed by atoms with van der Waals surface area (Å²) in [6.07, 6.45) is 3.43. The van der Waals surface area contributed by atoms with Gasteiger partial charge in [-0.3, -0.25) is 4.79 Å². The van der Waals surface area contributed by atoms with E-state index in [4.69, 9.17) is 9.47 Å². The molecule has 0 bridgehead atoms. The van der Waals surface area contributed by atoms with E-state index in [-0.39, 0.29) is 11.7 Å². The lowest BCUT2D eigenvalue weighted by molar-refractivity contribution is -0.908. The minimum atomic E-state index is -0.134. The highest BCUT2D eigenvalue weighted by Gasteiger charge is 2.28. The van der Waals surface area contributed by atoms with Crippen LogP contribution in [-0.2, 0) is 4.74 Å². The van der Waals surface area contributed by atoms with Crippen molar-refractivity contribution in [2.45, 2.75) is 32.1 Å². The maximum atomic E-state index is 13.3. The molecule has 2 aromatic carbocycles. The highest BCUT2D eigenvalue weighted by atomic mass is 16.5. The molecule has 150 valence electrons. The second-order valence-electron chi connectivity index (χ2n) is 7.47. The van der Waals surface area contributed by atoms with E-state index < -0.39 is 0 Å². The largest absolute Gasteiger partial charge is 0.494 e. The Labute approximate surface area is 168 Å². The van der Waals surface area contributed by atoms with Crippen LogP contribution in [-0.4, -0.2) is 45.2 Å². The second kappa shape index (κ2) is 11.0. The van der Waals surface area contributed by atoms with E-state index in [1.807, 2.05) is 42.5 Å². The SMILES string of the molecule is CCCCCOc1ccc(C(=O)[C@H](C[NH+]2CCOCC2)c2ccccc2)cc1. The minimum absolute atomic E-state index is 0.134. The molecule has 1 aliphatic rings. The standard InChI is InChI=1S/C24H31NO3/c1-2-3-7-16-28-22-12-10-21(11-13-22)24(26)23(20-8-5-4-6-9-20)19-25-14-17-27-18-15-25/h4-6,8-13,23H,2-3,7,14-19H2,1H3/p+1/t23-/m1/s1. The number of rotatable bonds is 10. The van der Waals surface area contributed by atoms with Crippen LogP contribution in [0.15, 0.2) is 54.6 Å². The Morgan fingerprint density at radius 2 is 1.75 bits per heavy atom. The van der Waals surface area contributed by atoms with Crippen LogP contribution in [0.25, 0.3) is 0 Å². The van der Waals surface area contributed by atoms with Crippen LogP contribution in [0.1, 0.15) is 48.0 Å². The maximum absolute atomic E-state index is 13.3. The van der Waals surface area contributed by atoms with Crippen LogP contribution in [0, 0.1) is 0 Å². The number of unbranched alkanes of at least 4 members (excludes halogenated alkanes) is 2. The summed E-state index contributed by atoms with van der Waals surface area (Å²) in [5, 5.41) is 0. The van der Waals surface area contributed by atoms with E-state index in [1.165, 1.54) is 17.7 Å². The number of hydrogen-bond donors (Lipinski definition) is 1. The molecule has 1 N–H and O–H groups in total. The number of ketones is 1. The van der Waals surface area contributed by atoms with Crippen LogP contribution in [0.2, 0.25) is 0 Å². The van der Waals surface area contributed by atoms with Gasteiger partial charge in [0, 0.05) is 5.56 Å². The van der Waals surface area contributed by atoms with Crippen molar-refractivity contribution in [2.24, 2.45) is 0 Å². The molecule has 3 rings (SSSR count). The van der Waals surface area contributed by atoms with Crippen LogP contribution in [0.3, 0.4) is 0 Å². The Kier molecular flexibility index (Phi) is 8.07. The molecule has 0 radical (unpaired) electrons. The van der Waals surface area contributed by atoms with Gasteiger partial charge in [-0.05, 0) is 36.2 Å². The summed E-state index contributed by atoms with van der Waals surface area (Å²) in [7, 11) is 0. The predicted molar refractivity (Wildman–Crippen MR) is 111 cm³/mol. The topological polar surface area (TPSA) is 40.0 Å². The Morgan fingerprint density at radius 3 is 2.43 bits per heavy atom. The number of quaternary nitrogens is 1. The molecular formula is C24H32NO3+. The summed E-state index contributed by atoms with van der Waals surface area (Å²) in [6, 6.07) is 17.8. The Balaban J connectivity index is 1.69. The van der Waals surface area contributed by atoms with Crippen molar-refractivity contribution in [2.75, 3.05) is 39.5 Å². The lowest BCUT2D eigenvalue weighted by Crippen LogP contribution is -3.14. The highest BCUT2D eigenvalue weighted by molar-refractivity contribution is 6.01. The molecule has 4 nitrogen and oxygen atoms in total. The van der Waals surface area contributed by atoms with Crippen molar-refractivity contribution in [1.82, 2.24) is 0 Å². The molecule has 28 heavy (non-hydrogen) atoms. The van der Waals surface area contributed by atoms with Crippen molar-refractivity contribution in [3.8, 4) is 5.75 Å². The molecule has 1 heterocycles. The Hall–Kier alpha value is -2.17. The van der Waals surface area contributed by atoms with Gasteiger partial charge >= 0.3 is 0 Å². The fourth-order valence-electron chi connectivity index (χ4n) is 3.66. The van der Waals surface area contributed by atoms with Crippen LogP contribution >= 0.6 is 0 Å². The van der Waals surface area contributed by atoms with Gasteiger partial charge in [0.05, 0.1) is 32.3 Å². The van der Waals surface area contributed by atoms with Crippen molar-refractivity contribution in [3.63, 3.8) is 0 Å². The fraction of sp³-hybridized carbons (Fsp3) is 0.458. The molecule has 0 amide bonds. The molecule has 0 aromatic heterocycles.